The van der Waals surface area contributed by atoms with Crippen molar-refractivity contribution in [2.45, 2.75) is 61.8 Å². The van der Waals surface area contributed by atoms with Gasteiger partial charge in [-0.1, -0.05) is 13.8 Å². The van der Waals surface area contributed by atoms with Crippen LogP contribution >= 0.6 is 0 Å². The standard InChI is InChI=1S/C12H17F5O6S2/c1-9(2)7-3-5-10(9,6-4-7)25(21,22)23-8(11(13,14)15)12(16,17)24(18,19)20/h7-8H,3-6H2,1-2H3,(H,18,19,20)/p-1. The summed E-state index contributed by atoms with van der Waals surface area (Å²) < 4.78 is 124. The van der Waals surface area contributed by atoms with Crippen molar-refractivity contribution in [2.24, 2.45) is 11.3 Å². The molecule has 1 unspecified atom stereocenters. The van der Waals surface area contributed by atoms with Crippen LogP contribution in [0.3, 0.4) is 0 Å². The molecule has 6 nitrogen and oxygen atoms in total. The summed E-state index contributed by atoms with van der Waals surface area (Å²) in [5, 5.41) is -5.99. The number of halogens is 5. The van der Waals surface area contributed by atoms with E-state index in [0.717, 1.165) is 0 Å². The second kappa shape index (κ2) is 5.49. The Morgan fingerprint density at radius 1 is 1.04 bits per heavy atom. The van der Waals surface area contributed by atoms with Crippen LogP contribution in [0.25, 0.3) is 0 Å². The fourth-order valence-corrected chi connectivity index (χ4v) is 6.76. The van der Waals surface area contributed by atoms with E-state index in [9.17, 15) is 43.3 Å². The zero-order valence-corrected chi connectivity index (χ0v) is 14.8. The lowest BCUT2D eigenvalue weighted by molar-refractivity contribution is -0.238. The summed E-state index contributed by atoms with van der Waals surface area (Å²) in [6.07, 6.45) is -10.1. The molecule has 2 bridgehead atoms. The third-order valence-electron chi connectivity index (χ3n) is 5.63. The largest absolute Gasteiger partial charge is 0.743 e. The molecule has 2 fully saturated rings. The monoisotopic (exact) mass is 415 g/mol. The Kier molecular flexibility index (Phi) is 4.56. The SMILES string of the molecule is CC1(C)C2CCC1(S(=O)(=O)OC(C(F)(F)F)C(F)(F)S(=O)(=O)[O-])CC2. The number of alkyl halides is 5. The van der Waals surface area contributed by atoms with Crippen LogP contribution < -0.4 is 0 Å². The number of hydrogen-bond acceptors (Lipinski definition) is 6. The minimum atomic E-state index is -6.82. The van der Waals surface area contributed by atoms with E-state index >= 15 is 0 Å². The van der Waals surface area contributed by atoms with Crippen LogP contribution in [0.4, 0.5) is 22.0 Å². The van der Waals surface area contributed by atoms with Crippen LogP contribution in [0.2, 0.25) is 0 Å². The van der Waals surface area contributed by atoms with Crippen LogP contribution in [-0.4, -0.2) is 43.7 Å². The Morgan fingerprint density at radius 2 is 1.48 bits per heavy atom. The van der Waals surface area contributed by atoms with Crippen molar-refractivity contribution in [1.82, 2.24) is 0 Å². The van der Waals surface area contributed by atoms with Crippen LogP contribution in [-0.2, 0) is 24.4 Å². The quantitative estimate of drug-likeness (QED) is 0.388. The predicted octanol–water partition coefficient (Wildman–Crippen LogP) is 2.37. The van der Waals surface area contributed by atoms with E-state index in [1.807, 2.05) is 0 Å². The number of fused-ring (bicyclic) bond motifs is 2. The van der Waals surface area contributed by atoms with Gasteiger partial charge in [-0.3, -0.25) is 0 Å². The third-order valence-corrected chi connectivity index (χ3v) is 8.84. The Labute approximate surface area is 141 Å². The van der Waals surface area contributed by atoms with Crippen LogP contribution in [0.5, 0.6) is 0 Å². The van der Waals surface area contributed by atoms with E-state index < -0.39 is 47.9 Å². The van der Waals surface area contributed by atoms with Crippen molar-refractivity contribution in [3.05, 3.63) is 0 Å². The molecule has 2 saturated carbocycles. The maximum absolute atomic E-state index is 13.5. The molecule has 0 saturated heterocycles. The van der Waals surface area contributed by atoms with E-state index in [4.69, 9.17) is 0 Å². The fraction of sp³-hybridized carbons (Fsp3) is 1.00. The molecular formula is C12H16F5O6S2-. The van der Waals surface area contributed by atoms with Gasteiger partial charge in [0.2, 0.25) is 6.10 Å². The van der Waals surface area contributed by atoms with E-state index in [1.54, 1.807) is 0 Å². The highest BCUT2D eigenvalue weighted by Crippen LogP contribution is 2.64. The molecular weight excluding hydrogens is 399 g/mol. The lowest BCUT2D eigenvalue weighted by Crippen LogP contribution is -2.56. The first-order valence-corrected chi connectivity index (χ1v) is 10.0. The second-order valence-electron chi connectivity index (χ2n) is 6.98. The molecule has 0 heterocycles. The first-order chi connectivity index (χ1) is 10.9. The molecule has 25 heavy (non-hydrogen) atoms. The fourth-order valence-electron chi connectivity index (χ4n) is 4.05. The molecule has 0 aliphatic heterocycles. The Hall–Kier alpha value is -0.530. The molecule has 0 radical (unpaired) electrons. The molecule has 2 rings (SSSR count). The van der Waals surface area contributed by atoms with Gasteiger partial charge in [-0.2, -0.15) is 30.4 Å². The van der Waals surface area contributed by atoms with Gasteiger partial charge in [-0.25, -0.2) is 12.6 Å². The highest BCUT2D eigenvalue weighted by atomic mass is 32.2. The summed E-state index contributed by atoms with van der Waals surface area (Å²) in [6, 6.07) is 0. The summed E-state index contributed by atoms with van der Waals surface area (Å²) in [4.78, 5) is 0. The Morgan fingerprint density at radius 3 is 1.76 bits per heavy atom. The minimum Gasteiger partial charge on any atom is -0.743 e. The topological polar surface area (TPSA) is 101 Å². The Balaban J connectivity index is 2.50. The van der Waals surface area contributed by atoms with Crippen LogP contribution in [0, 0.1) is 11.3 Å². The lowest BCUT2D eigenvalue weighted by Gasteiger charge is -2.38. The van der Waals surface area contributed by atoms with Crippen molar-refractivity contribution in [1.29, 1.82) is 0 Å². The molecule has 0 aromatic heterocycles. The van der Waals surface area contributed by atoms with E-state index in [2.05, 4.69) is 4.18 Å². The molecule has 0 aromatic rings. The van der Waals surface area contributed by atoms with Gasteiger partial charge in [0.25, 0.3) is 10.1 Å². The van der Waals surface area contributed by atoms with Crippen molar-refractivity contribution in [3.63, 3.8) is 0 Å². The maximum Gasteiger partial charge on any atom is 0.423 e. The highest BCUT2D eigenvalue weighted by molar-refractivity contribution is 7.88. The average Bonchev–Trinajstić information content (AvgIpc) is 2.81. The highest BCUT2D eigenvalue weighted by Gasteiger charge is 2.70. The molecule has 0 N–H and O–H groups in total. The summed E-state index contributed by atoms with van der Waals surface area (Å²) >= 11 is 0. The smallest absolute Gasteiger partial charge is 0.423 e. The summed E-state index contributed by atoms with van der Waals surface area (Å²) in [5.41, 5.74) is -1.03. The summed E-state index contributed by atoms with van der Waals surface area (Å²) in [7, 11) is -12.1. The lowest BCUT2D eigenvalue weighted by atomic mass is 9.81. The van der Waals surface area contributed by atoms with E-state index in [0.29, 0.717) is 12.8 Å². The van der Waals surface area contributed by atoms with Crippen LogP contribution in [0.15, 0.2) is 0 Å². The van der Waals surface area contributed by atoms with Gasteiger partial charge in [-0.15, -0.1) is 0 Å². The van der Waals surface area contributed by atoms with Gasteiger partial charge in [0.1, 0.15) is 4.75 Å². The van der Waals surface area contributed by atoms with Gasteiger partial charge in [-0.05, 0) is 37.0 Å². The average molecular weight is 415 g/mol. The molecule has 1 atom stereocenters. The molecule has 2 aliphatic carbocycles. The minimum absolute atomic E-state index is 0.0900. The zero-order valence-electron chi connectivity index (χ0n) is 13.1. The predicted molar refractivity (Wildman–Crippen MR) is 73.0 cm³/mol. The van der Waals surface area contributed by atoms with Gasteiger partial charge >= 0.3 is 11.4 Å². The maximum atomic E-state index is 13.5. The third kappa shape index (κ3) is 2.86. The van der Waals surface area contributed by atoms with Gasteiger partial charge < -0.3 is 4.55 Å². The Bertz CT molecular complexity index is 747. The molecule has 0 spiro atoms. The van der Waals surface area contributed by atoms with Gasteiger partial charge in [0, 0.05) is 0 Å². The van der Waals surface area contributed by atoms with E-state index in [1.165, 1.54) is 13.8 Å². The number of hydrogen-bond donors (Lipinski definition) is 0. The molecule has 2 aliphatic rings. The molecule has 0 aromatic carbocycles. The number of rotatable bonds is 5. The van der Waals surface area contributed by atoms with Crippen LogP contribution in [0.1, 0.15) is 39.5 Å². The summed E-state index contributed by atoms with van der Waals surface area (Å²) in [5.74, 6) is -0.140. The van der Waals surface area contributed by atoms with Gasteiger partial charge in [0.15, 0.2) is 10.1 Å². The molecule has 0 amide bonds. The van der Waals surface area contributed by atoms with Crippen molar-refractivity contribution >= 4 is 20.2 Å². The molecule has 148 valence electrons. The normalized spacial score (nSPS) is 31.3. The van der Waals surface area contributed by atoms with Crippen molar-refractivity contribution in [3.8, 4) is 0 Å². The second-order valence-corrected chi connectivity index (χ2v) is 10.3. The first kappa shape index (κ1) is 20.8. The van der Waals surface area contributed by atoms with E-state index in [-0.39, 0.29) is 18.8 Å². The first-order valence-electron chi connectivity index (χ1n) is 7.23. The van der Waals surface area contributed by atoms with Crippen molar-refractivity contribution in [2.75, 3.05) is 0 Å². The molecule has 13 heteroatoms. The van der Waals surface area contributed by atoms with Gasteiger partial charge in [0.05, 0.1) is 0 Å². The van der Waals surface area contributed by atoms with Crippen molar-refractivity contribution < 1.29 is 47.5 Å². The summed E-state index contributed by atoms with van der Waals surface area (Å²) in [6.45, 7) is 2.98. The zero-order chi connectivity index (χ0) is 19.7.